The monoisotopic (exact) mass is 670 g/mol. The third kappa shape index (κ3) is 4.91. The van der Waals surface area contributed by atoms with Crippen LogP contribution >= 0.6 is 0 Å². The van der Waals surface area contributed by atoms with Crippen LogP contribution in [-0.2, 0) is 13.0 Å². The molecule has 1 N–H and O–H groups in total. The first kappa shape index (κ1) is 30.5. The van der Waals surface area contributed by atoms with Gasteiger partial charge in [0.1, 0.15) is 11.4 Å². The Kier molecular flexibility index (Phi) is 7.41. The molecule has 12 heteroatoms. The number of aromatic nitrogens is 2. The third-order valence-corrected chi connectivity index (χ3v) is 9.71. The van der Waals surface area contributed by atoms with Gasteiger partial charge in [0, 0.05) is 56.3 Å². The number of fused-ring (bicyclic) bond motifs is 6. The molecule has 2 aromatic heterocycles. The van der Waals surface area contributed by atoms with Crippen molar-refractivity contribution in [2.24, 2.45) is 0 Å². The van der Waals surface area contributed by atoms with Gasteiger partial charge in [-0.25, -0.2) is 9.18 Å². The number of pyridine rings is 2. The van der Waals surface area contributed by atoms with Crippen molar-refractivity contribution in [3.8, 4) is 34.3 Å². The average Bonchev–Trinajstić information content (AvgIpc) is 3.84. The van der Waals surface area contributed by atoms with Gasteiger partial charge in [-0.15, -0.1) is 0 Å². The maximum atomic E-state index is 15.5. The van der Waals surface area contributed by atoms with Crippen molar-refractivity contribution in [2.45, 2.75) is 31.8 Å². The highest BCUT2D eigenvalue weighted by atomic mass is 35.5. The number of carbonyl (C=O) groups is 1. The van der Waals surface area contributed by atoms with E-state index < -0.39 is 17.2 Å². The molecule has 0 radical (unpaired) electrons. The zero-order valence-electron chi connectivity index (χ0n) is 26.2. The molecule has 0 amide bonds. The molecule has 48 heavy (non-hydrogen) atoms. The van der Waals surface area contributed by atoms with Gasteiger partial charge in [0.05, 0.1) is 29.3 Å². The first-order valence-corrected chi connectivity index (χ1v) is 16.0. The Balaban J connectivity index is 0.00000336. The lowest BCUT2D eigenvalue weighted by molar-refractivity contribution is -0.686. The summed E-state index contributed by atoms with van der Waals surface area (Å²) >= 11 is 0. The molecule has 3 aromatic carbocycles. The fourth-order valence-corrected chi connectivity index (χ4v) is 7.12. The molecule has 5 heterocycles. The van der Waals surface area contributed by atoms with E-state index in [0.717, 1.165) is 54.7 Å². The second kappa shape index (κ2) is 11.7. The van der Waals surface area contributed by atoms with Crippen LogP contribution < -0.4 is 51.6 Å². The van der Waals surface area contributed by atoms with Crippen LogP contribution in [0, 0.1) is 5.82 Å². The number of halogens is 2. The van der Waals surface area contributed by atoms with Crippen LogP contribution in [0.25, 0.3) is 32.9 Å². The van der Waals surface area contributed by atoms with Gasteiger partial charge in [0.2, 0.25) is 17.9 Å². The summed E-state index contributed by atoms with van der Waals surface area (Å²) in [6, 6.07) is 12.9. The minimum atomic E-state index is -0.815. The van der Waals surface area contributed by atoms with E-state index in [1.54, 1.807) is 18.3 Å². The number of nitrogens with one attached hydrogen (secondary N) is 1. The number of hydrogen-bond donors (Lipinski definition) is 1. The summed E-state index contributed by atoms with van der Waals surface area (Å²) in [6.45, 7) is 3.78. The smallest absolute Gasteiger partial charge is 0.349 e. The Morgan fingerprint density at radius 2 is 1.83 bits per heavy atom. The van der Waals surface area contributed by atoms with E-state index in [0.29, 0.717) is 47.7 Å². The molecule has 0 spiro atoms. The minimum Gasteiger partial charge on any atom is -1.00 e. The molecule has 0 unspecified atom stereocenters. The quantitative estimate of drug-likeness (QED) is 0.171. The van der Waals surface area contributed by atoms with Crippen LogP contribution in [-0.4, -0.2) is 50.6 Å². The Bertz CT molecular complexity index is 2210. The summed E-state index contributed by atoms with van der Waals surface area (Å²) in [7, 11) is 1.51. The van der Waals surface area contributed by atoms with Crippen molar-refractivity contribution in [1.82, 2.24) is 9.88 Å². The number of piperazine rings is 1. The van der Waals surface area contributed by atoms with Crippen molar-refractivity contribution in [3.05, 3.63) is 82.0 Å². The van der Waals surface area contributed by atoms with Crippen LogP contribution in [0.15, 0.2) is 59.7 Å². The van der Waals surface area contributed by atoms with Gasteiger partial charge >= 0.3 is 5.97 Å². The number of hydrogen-bond acceptors (Lipinski definition) is 8. The summed E-state index contributed by atoms with van der Waals surface area (Å²) in [5.41, 5.74) is 3.62. The van der Waals surface area contributed by atoms with Gasteiger partial charge in [-0.3, -0.25) is 4.79 Å². The number of carbonyl (C=O) groups excluding carboxylic acids is 1. The second-order valence-corrected chi connectivity index (χ2v) is 12.5. The van der Waals surface area contributed by atoms with Crippen LogP contribution in [0.1, 0.15) is 34.8 Å². The molecular formula is C36H32ClFN4O6. The summed E-state index contributed by atoms with van der Waals surface area (Å²) in [5.74, 6) is 0.764. The van der Waals surface area contributed by atoms with E-state index >= 15 is 4.39 Å². The SMILES string of the molecule is COc1ccc2cc3[n+](cc2c1OC(=O)c1cn(C2CC2)c2cc(N4CCNCC4)c(F)cc2c1=O)CCc1cc2c(cc1-3)OCO2.[Cl-]. The first-order valence-electron chi connectivity index (χ1n) is 16.0. The van der Waals surface area contributed by atoms with Gasteiger partial charge < -0.3 is 46.1 Å². The molecule has 1 saturated carbocycles. The van der Waals surface area contributed by atoms with E-state index in [1.165, 1.54) is 18.7 Å². The van der Waals surface area contributed by atoms with Gasteiger partial charge in [0.25, 0.3) is 0 Å². The first-order chi connectivity index (χ1) is 23.0. The van der Waals surface area contributed by atoms with E-state index in [1.807, 2.05) is 33.9 Å². The number of benzene rings is 3. The topological polar surface area (TPSA) is 95.1 Å². The van der Waals surface area contributed by atoms with Gasteiger partial charge in [-0.2, -0.15) is 4.57 Å². The molecule has 9 rings (SSSR count). The highest BCUT2D eigenvalue weighted by molar-refractivity contribution is 5.99. The van der Waals surface area contributed by atoms with E-state index in [4.69, 9.17) is 18.9 Å². The van der Waals surface area contributed by atoms with Crippen molar-refractivity contribution in [1.29, 1.82) is 0 Å². The number of esters is 1. The van der Waals surface area contributed by atoms with E-state index in [-0.39, 0.29) is 41.9 Å². The highest BCUT2D eigenvalue weighted by Crippen LogP contribution is 2.42. The van der Waals surface area contributed by atoms with Crippen LogP contribution in [0.5, 0.6) is 23.0 Å². The molecule has 246 valence electrons. The summed E-state index contributed by atoms with van der Waals surface area (Å²) in [6.07, 6.45) is 6.16. The molecular weight excluding hydrogens is 639 g/mol. The normalized spacial score (nSPS) is 16.3. The van der Waals surface area contributed by atoms with E-state index in [9.17, 15) is 9.59 Å². The Labute approximate surface area is 281 Å². The standard InChI is InChI=1S/C36H32FN4O6.ClH/c1-44-31-5-2-20-12-28-23-15-33-32(45-19-46-33)13-21(23)6-9-40(28)17-25(20)35(31)47-36(43)26-18-41(22-3-4-22)29-16-30(39-10-7-38-8-11-39)27(37)14-24(29)34(26)42;/h2,5,12-18,22,38H,3-4,6-11,19H2,1H3;1H/q+1;/p-1. The Hall–Kier alpha value is -4.87. The molecule has 1 aliphatic carbocycles. The van der Waals surface area contributed by atoms with Crippen molar-refractivity contribution >= 4 is 33.3 Å². The van der Waals surface area contributed by atoms with Gasteiger partial charge in [0.15, 0.2) is 35.7 Å². The molecule has 1 saturated heterocycles. The molecule has 2 fully saturated rings. The maximum absolute atomic E-state index is 15.5. The van der Waals surface area contributed by atoms with Crippen molar-refractivity contribution in [3.63, 3.8) is 0 Å². The number of aryl methyl sites for hydroxylation is 2. The Morgan fingerprint density at radius 3 is 2.60 bits per heavy atom. The van der Waals surface area contributed by atoms with Gasteiger partial charge in [-0.05, 0) is 60.2 Å². The zero-order chi connectivity index (χ0) is 31.8. The van der Waals surface area contributed by atoms with Crippen molar-refractivity contribution in [2.75, 3.05) is 45.0 Å². The zero-order valence-corrected chi connectivity index (χ0v) is 26.9. The molecule has 4 aliphatic rings. The number of methoxy groups -OCH3 is 1. The minimum absolute atomic E-state index is 0. The van der Waals surface area contributed by atoms with Gasteiger partial charge in [-0.1, -0.05) is 0 Å². The molecule has 0 bridgehead atoms. The molecule has 0 atom stereocenters. The lowest BCUT2D eigenvalue weighted by Gasteiger charge is -2.30. The molecule has 3 aliphatic heterocycles. The van der Waals surface area contributed by atoms with Crippen LogP contribution in [0.4, 0.5) is 10.1 Å². The van der Waals surface area contributed by atoms with Crippen LogP contribution in [0.2, 0.25) is 0 Å². The Morgan fingerprint density at radius 1 is 1.04 bits per heavy atom. The number of anilines is 1. The van der Waals surface area contributed by atoms with Crippen molar-refractivity contribution < 1.29 is 45.1 Å². The fourth-order valence-electron chi connectivity index (χ4n) is 7.12. The molecule has 10 nitrogen and oxygen atoms in total. The maximum Gasteiger partial charge on any atom is 0.349 e. The van der Waals surface area contributed by atoms with Crippen LogP contribution in [0.3, 0.4) is 0 Å². The average molecular weight is 671 g/mol. The number of rotatable bonds is 5. The number of nitrogens with zero attached hydrogens (tertiary/aromatic N) is 3. The van der Waals surface area contributed by atoms with E-state index in [2.05, 4.69) is 16.0 Å². The largest absolute Gasteiger partial charge is 1.00 e. The predicted molar refractivity (Wildman–Crippen MR) is 172 cm³/mol. The summed E-state index contributed by atoms with van der Waals surface area (Å²) in [4.78, 5) is 29.7. The number of ether oxygens (including phenoxy) is 4. The summed E-state index contributed by atoms with van der Waals surface area (Å²) in [5, 5.41) is 4.95. The third-order valence-electron chi connectivity index (χ3n) is 9.71. The summed E-state index contributed by atoms with van der Waals surface area (Å²) < 4.78 is 42.5. The lowest BCUT2D eigenvalue weighted by atomic mass is 9.95. The fraction of sp³-hybridized carbons (Fsp3) is 0.306. The lowest BCUT2D eigenvalue weighted by Crippen LogP contribution is -3.00. The predicted octanol–water partition coefficient (Wildman–Crippen LogP) is 1.51. The molecule has 5 aromatic rings. The second-order valence-electron chi connectivity index (χ2n) is 12.5. The highest BCUT2D eigenvalue weighted by Gasteiger charge is 2.31.